The van der Waals surface area contributed by atoms with Crippen LogP contribution in [0.4, 0.5) is 11.9 Å². The Morgan fingerprint density at radius 3 is 1.53 bits per heavy atom. The van der Waals surface area contributed by atoms with E-state index in [0.29, 0.717) is 5.92 Å². The first kappa shape index (κ1) is 38.1. The van der Waals surface area contributed by atoms with Gasteiger partial charge in [0.05, 0.1) is 0 Å². The normalized spacial score (nSPS) is 14.4. The lowest BCUT2D eigenvalue weighted by molar-refractivity contribution is 0.226. The highest BCUT2D eigenvalue weighted by molar-refractivity contribution is 7.99. The van der Waals surface area contributed by atoms with Crippen LogP contribution in [0.25, 0.3) is 0 Å². The first-order valence-corrected chi connectivity index (χ1v) is 19.7. The number of aromatic nitrogens is 3. The smallest absolute Gasteiger partial charge is 0.228 e. The van der Waals surface area contributed by atoms with E-state index >= 15 is 0 Å². The van der Waals surface area contributed by atoms with Gasteiger partial charge >= 0.3 is 0 Å². The zero-order valence-electron chi connectivity index (χ0n) is 28.8. The summed E-state index contributed by atoms with van der Waals surface area (Å²) in [5.41, 5.74) is 0. The Hall–Kier alpha value is -1.08. The van der Waals surface area contributed by atoms with Crippen molar-refractivity contribution in [2.75, 3.05) is 49.6 Å². The van der Waals surface area contributed by atoms with E-state index in [4.69, 9.17) is 15.0 Å². The summed E-state index contributed by atoms with van der Waals surface area (Å²) in [4.78, 5) is 16.8. The molecule has 0 saturated carbocycles. The van der Waals surface area contributed by atoms with Crippen molar-refractivity contribution in [1.29, 1.82) is 0 Å². The molecule has 1 saturated heterocycles. The number of hydrogen-bond donors (Lipinski definition) is 2. The molecule has 1 aliphatic rings. The molecule has 6 nitrogen and oxygen atoms in total. The largest absolute Gasteiger partial charge is 0.354 e. The number of nitrogens with one attached hydrogen (secondary N) is 2. The number of hydrogen-bond acceptors (Lipinski definition) is 7. The van der Waals surface area contributed by atoms with E-state index in [9.17, 15) is 0 Å². The predicted molar refractivity (Wildman–Crippen MR) is 191 cm³/mol. The third-order valence-electron chi connectivity index (χ3n) is 9.04. The van der Waals surface area contributed by atoms with Gasteiger partial charge in [-0.05, 0) is 51.7 Å². The quantitative estimate of drug-likeness (QED) is 0.0684. The summed E-state index contributed by atoms with van der Waals surface area (Å²) >= 11 is 1.80. The molecule has 1 aromatic rings. The monoisotopic (exact) mass is 619 g/mol. The van der Waals surface area contributed by atoms with Crippen molar-refractivity contribution in [2.45, 2.75) is 173 Å². The van der Waals surface area contributed by atoms with Crippen LogP contribution in [0.2, 0.25) is 0 Å². The molecule has 0 unspecified atom stereocenters. The standard InChI is InChI=1S/C36H70N6S/c1-4-6-8-10-12-14-15-16-17-18-19-21-23-25-31-43-36-40-34(37-28-24-22-20-13-11-9-7-5-2)39-35(41-36)38-32-33-26-29-42(3)30-27-33/h33H,4-32H2,1-3H3,(H2,37,38,39,40,41). The van der Waals surface area contributed by atoms with Crippen molar-refractivity contribution in [1.82, 2.24) is 19.9 Å². The molecule has 1 aromatic heterocycles. The number of unbranched alkanes of at least 4 members (excludes halogenated alkanes) is 20. The topological polar surface area (TPSA) is 66.0 Å². The summed E-state index contributed by atoms with van der Waals surface area (Å²) < 4.78 is 0. The van der Waals surface area contributed by atoms with Crippen molar-refractivity contribution in [2.24, 2.45) is 5.92 Å². The molecule has 0 spiro atoms. The maximum atomic E-state index is 4.81. The van der Waals surface area contributed by atoms with E-state index in [-0.39, 0.29) is 0 Å². The van der Waals surface area contributed by atoms with E-state index in [2.05, 4.69) is 36.4 Å². The molecule has 0 atom stereocenters. The minimum Gasteiger partial charge on any atom is -0.354 e. The second kappa shape index (κ2) is 27.2. The number of nitrogens with zero attached hydrogens (tertiary/aromatic N) is 4. The minimum atomic E-state index is 0.702. The van der Waals surface area contributed by atoms with E-state index < -0.39 is 0 Å². The van der Waals surface area contributed by atoms with Gasteiger partial charge in [0.25, 0.3) is 0 Å². The molecule has 2 rings (SSSR count). The summed E-state index contributed by atoms with van der Waals surface area (Å²) in [6.45, 7) is 8.86. The first-order chi connectivity index (χ1) is 21.2. The van der Waals surface area contributed by atoms with Gasteiger partial charge in [-0.25, -0.2) is 0 Å². The fourth-order valence-corrected chi connectivity index (χ4v) is 6.83. The zero-order chi connectivity index (χ0) is 30.6. The van der Waals surface area contributed by atoms with Gasteiger partial charge in [-0.2, -0.15) is 15.0 Å². The summed E-state index contributed by atoms with van der Waals surface area (Å²) in [6.07, 6.45) is 32.8. The van der Waals surface area contributed by atoms with Crippen LogP contribution in [0.1, 0.15) is 168 Å². The Balaban J connectivity index is 1.63. The first-order valence-electron chi connectivity index (χ1n) is 18.8. The van der Waals surface area contributed by atoms with Crippen LogP contribution in [-0.2, 0) is 0 Å². The Bertz CT molecular complexity index is 755. The zero-order valence-corrected chi connectivity index (χ0v) is 29.6. The maximum Gasteiger partial charge on any atom is 0.228 e. The SMILES string of the molecule is CCCCCCCCCCCCCCCCSc1nc(NCCCCCCCCCC)nc(NCC2CCN(C)CC2)n1. The van der Waals surface area contributed by atoms with Crippen LogP contribution >= 0.6 is 11.8 Å². The van der Waals surface area contributed by atoms with Crippen LogP contribution in [0, 0.1) is 5.92 Å². The molecule has 0 aromatic carbocycles. The molecule has 7 heteroatoms. The van der Waals surface area contributed by atoms with Crippen LogP contribution in [0.5, 0.6) is 0 Å². The van der Waals surface area contributed by atoms with Gasteiger partial charge in [-0.1, -0.05) is 154 Å². The fraction of sp³-hybridized carbons (Fsp3) is 0.917. The average molecular weight is 619 g/mol. The number of piperidine rings is 1. The average Bonchev–Trinajstić information content (AvgIpc) is 3.02. The molecule has 0 amide bonds. The lowest BCUT2D eigenvalue weighted by Crippen LogP contribution is -2.33. The lowest BCUT2D eigenvalue weighted by Gasteiger charge is -2.28. The summed E-state index contributed by atoms with van der Waals surface area (Å²) in [6, 6.07) is 0. The van der Waals surface area contributed by atoms with E-state index in [1.54, 1.807) is 11.8 Å². The maximum absolute atomic E-state index is 4.81. The number of thioether (sulfide) groups is 1. The highest BCUT2D eigenvalue weighted by Crippen LogP contribution is 2.21. The molecule has 43 heavy (non-hydrogen) atoms. The van der Waals surface area contributed by atoms with Crippen LogP contribution in [0.15, 0.2) is 5.16 Å². The molecule has 2 N–H and O–H groups in total. The van der Waals surface area contributed by atoms with Gasteiger partial charge in [0, 0.05) is 18.8 Å². The van der Waals surface area contributed by atoms with Crippen molar-refractivity contribution >= 4 is 23.7 Å². The molecule has 0 aliphatic carbocycles. The number of rotatable bonds is 29. The summed E-state index contributed by atoms with van der Waals surface area (Å²) in [5, 5.41) is 7.95. The molecule has 250 valence electrons. The second-order valence-corrected chi connectivity index (χ2v) is 14.3. The van der Waals surface area contributed by atoms with Gasteiger partial charge in [-0.15, -0.1) is 0 Å². The second-order valence-electron chi connectivity index (χ2n) is 13.2. The van der Waals surface area contributed by atoms with Crippen LogP contribution < -0.4 is 10.6 Å². The fourth-order valence-electron chi connectivity index (χ4n) is 6.00. The number of likely N-dealkylation sites (tertiary alicyclic amines) is 1. The molecular formula is C36H70N6S. The van der Waals surface area contributed by atoms with Gasteiger partial charge in [0.2, 0.25) is 11.9 Å². The van der Waals surface area contributed by atoms with Crippen LogP contribution in [0.3, 0.4) is 0 Å². The Kier molecular flexibility index (Phi) is 24.1. The van der Waals surface area contributed by atoms with Gasteiger partial charge in [0.15, 0.2) is 5.16 Å². The van der Waals surface area contributed by atoms with Gasteiger partial charge < -0.3 is 15.5 Å². The highest BCUT2D eigenvalue weighted by atomic mass is 32.2. The van der Waals surface area contributed by atoms with Crippen molar-refractivity contribution < 1.29 is 0 Å². The Morgan fingerprint density at radius 2 is 1.02 bits per heavy atom. The molecule has 0 radical (unpaired) electrons. The van der Waals surface area contributed by atoms with Gasteiger partial charge in [0.1, 0.15) is 0 Å². The molecule has 1 aliphatic heterocycles. The van der Waals surface area contributed by atoms with Crippen molar-refractivity contribution in [3.63, 3.8) is 0 Å². The number of anilines is 2. The molecule has 2 heterocycles. The third-order valence-corrected chi connectivity index (χ3v) is 9.98. The highest BCUT2D eigenvalue weighted by Gasteiger charge is 2.17. The molecule has 0 bridgehead atoms. The lowest BCUT2D eigenvalue weighted by atomic mass is 9.97. The van der Waals surface area contributed by atoms with Crippen molar-refractivity contribution in [3.05, 3.63) is 0 Å². The Morgan fingerprint density at radius 1 is 0.581 bits per heavy atom. The van der Waals surface area contributed by atoms with Gasteiger partial charge in [-0.3, -0.25) is 0 Å². The minimum absolute atomic E-state index is 0.702. The van der Waals surface area contributed by atoms with Crippen molar-refractivity contribution in [3.8, 4) is 0 Å². The van der Waals surface area contributed by atoms with E-state index in [0.717, 1.165) is 35.9 Å². The van der Waals surface area contributed by atoms with Crippen LogP contribution in [-0.4, -0.2) is 58.8 Å². The van der Waals surface area contributed by atoms with E-state index in [1.807, 2.05) is 0 Å². The summed E-state index contributed by atoms with van der Waals surface area (Å²) in [5.74, 6) is 3.28. The Labute approximate surface area is 271 Å². The summed E-state index contributed by atoms with van der Waals surface area (Å²) in [7, 11) is 2.22. The van der Waals surface area contributed by atoms with E-state index in [1.165, 1.54) is 167 Å². The predicted octanol–water partition coefficient (Wildman–Crippen LogP) is 10.8. The third kappa shape index (κ3) is 21.3. The molecular weight excluding hydrogens is 549 g/mol. The molecule has 1 fully saturated rings.